The van der Waals surface area contributed by atoms with Crippen molar-refractivity contribution in [2.75, 3.05) is 0 Å². The molecule has 2 rings (SSSR count). The van der Waals surface area contributed by atoms with E-state index >= 15 is 0 Å². The zero-order valence-corrected chi connectivity index (χ0v) is 10.6. The van der Waals surface area contributed by atoms with Gasteiger partial charge in [-0.2, -0.15) is 4.68 Å². The number of sulfone groups is 1. The molecule has 6 nitrogen and oxygen atoms in total. The van der Waals surface area contributed by atoms with Gasteiger partial charge in [-0.3, -0.25) is 0 Å². The maximum absolute atomic E-state index is 12.0. The van der Waals surface area contributed by atoms with Gasteiger partial charge in [-0.25, -0.2) is 8.42 Å². The Morgan fingerprint density at radius 2 is 2.00 bits per heavy atom. The van der Waals surface area contributed by atoms with Crippen LogP contribution in [0.5, 0.6) is 0 Å². The number of benzene rings is 1. The highest BCUT2D eigenvalue weighted by molar-refractivity contribution is 7.94. The average molecular weight is 264 g/mol. The molecule has 0 N–H and O–H groups in total. The Hall–Kier alpha value is -2.02. The Kier molecular flexibility index (Phi) is 3.52. The van der Waals surface area contributed by atoms with Crippen molar-refractivity contribution in [1.29, 1.82) is 0 Å². The van der Waals surface area contributed by atoms with Gasteiger partial charge in [0.05, 0.1) is 5.69 Å². The molecule has 0 aliphatic heterocycles. The molecule has 0 unspecified atom stereocenters. The van der Waals surface area contributed by atoms with Crippen LogP contribution in [0.3, 0.4) is 0 Å². The second kappa shape index (κ2) is 5.09. The van der Waals surface area contributed by atoms with E-state index in [0.717, 1.165) is 5.41 Å². The molecule has 0 spiro atoms. The third kappa shape index (κ3) is 2.45. The summed E-state index contributed by atoms with van der Waals surface area (Å²) < 4.78 is 25.2. The van der Waals surface area contributed by atoms with Crippen LogP contribution in [-0.4, -0.2) is 28.6 Å². The van der Waals surface area contributed by atoms with Crippen LogP contribution >= 0.6 is 0 Å². The molecule has 0 saturated heterocycles. The van der Waals surface area contributed by atoms with Crippen LogP contribution in [0.4, 0.5) is 0 Å². The zero-order chi connectivity index (χ0) is 13.0. The highest BCUT2D eigenvalue weighted by Gasteiger charge is 2.20. The highest BCUT2D eigenvalue weighted by atomic mass is 32.2. The molecule has 0 aliphatic rings. The van der Waals surface area contributed by atoms with E-state index in [-0.39, 0.29) is 5.16 Å². The molecule has 1 aromatic carbocycles. The van der Waals surface area contributed by atoms with Crippen molar-refractivity contribution < 1.29 is 8.42 Å². The second-order valence-electron chi connectivity index (χ2n) is 3.53. The first-order chi connectivity index (χ1) is 8.65. The lowest BCUT2D eigenvalue weighted by Gasteiger charge is -2.02. The van der Waals surface area contributed by atoms with Crippen molar-refractivity contribution >= 4 is 9.84 Å². The van der Waals surface area contributed by atoms with Gasteiger partial charge < -0.3 is 0 Å². The van der Waals surface area contributed by atoms with Gasteiger partial charge in [0.15, 0.2) is 0 Å². The van der Waals surface area contributed by atoms with E-state index in [1.165, 1.54) is 4.68 Å². The molecular formula is C11H12N4O2S. The normalized spacial score (nSPS) is 12.1. The molecule has 0 aliphatic carbocycles. The SMILES string of the molecule is CC/C=C/S(=O)(=O)c1nnnn1-c1ccccc1. The summed E-state index contributed by atoms with van der Waals surface area (Å²) in [5.41, 5.74) is 0.603. The fraction of sp³-hybridized carbons (Fsp3) is 0.182. The Bertz CT molecular complexity index is 647. The Balaban J connectivity index is 2.50. The lowest BCUT2D eigenvalue weighted by Crippen LogP contribution is -2.08. The first-order valence-electron chi connectivity index (χ1n) is 5.40. The van der Waals surface area contributed by atoms with E-state index in [2.05, 4.69) is 15.5 Å². The first-order valence-corrected chi connectivity index (χ1v) is 6.95. The summed E-state index contributed by atoms with van der Waals surface area (Å²) in [7, 11) is -3.61. The van der Waals surface area contributed by atoms with Gasteiger partial charge in [-0.05, 0) is 29.0 Å². The van der Waals surface area contributed by atoms with Crippen LogP contribution < -0.4 is 0 Å². The third-order valence-electron chi connectivity index (χ3n) is 2.21. The first kappa shape index (κ1) is 12.4. The molecule has 1 aromatic heterocycles. The number of rotatable bonds is 4. The summed E-state index contributed by atoms with van der Waals surface area (Å²) in [5, 5.41) is 11.6. The molecule has 7 heteroatoms. The van der Waals surface area contributed by atoms with Crippen molar-refractivity contribution in [3.8, 4) is 5.69 Å². The predicted octanol–water partition coefficient (Wildman–Crippen LogP) is 1.36. The van der Waals surface area contributed by atoms with Gasteiger partial charge in [0.1, 0.15) is 0 Å². The van der Waals surface area contributed by atoms with Crippen molar-refractivity contribution in [1.82, 2.24) is 20.2 Å². The number of aromatic nitrogens is 4. The van der Waals surface area contributed by atoms with Crippen LogP contribution in [0.25, 0.3) is 5.69 Å². The minimum absolute atomic E-state index is 0.182. The van der Waals surface area contributed by atoms with E-state index in [1.807, 2.05) is 13.0 Å². The van der Waals surface area contributed by atoms with Crippen LogP contribution in [0.15, 0.2) is 47.0 Å². The van der Waals surface area contributed by atoms with Crippen LogP contribution in [0, 0.1) is 0 Å². The molecule has 2 aromatic rings. The monoisotopic (exact) mass is 264 g/mol. The molecule has 0 atom stereocenters. The van der Waals surface area contributed by atoms with Gasteiger partial charge in [0.2, 0.25) is 9.84 Å². The van der Waals surface area contributed by atoms with Gasteiger partial charge in [-0.1, -0.05) is 36.3 Å². The quantitative estimate of drug-likeness (QED) is 0.833. The number of hydrogen-bond donors (Lipinski definition) is 0. The number of allylic oxidation sites excluding steroid dienone is 1. The molecule has 94 valence electrons. The lowest BCUT2D eigenvalue weighted by molar-refractivity contribution is 0.589. The van der Waals surface area contributed by atoms with E-state index in [4.69, 9.17) is 0 Å². The Morgan fingerprint density at radius 1 is 1.28 bits per heavy atom. The maximum Gasteiger partial charge on any atom is 0.276 e. The lowest BCUT2D eigenvalue weighted by atomic mass is 10.3. The number of nitrogens with zero attached hydrogens (tertiary/aromatic N) is 4. The van der Waals surface area contributed by atoms with Crippen LogP contribution in [0.2, 0.25) is 0 Å². The average Bonchev–Trinajstić information content (AvgIpc) is 2.87. The van der Waals surface area contributed by atoms with Gasteiger partial charge >= 0.3 is 0 Å². The largest absolute Gasteiger partial charge is 0.276 e. The van der Waals surface area contributed by atoms with Gasteiger partial charge in [0.25, 0.3) is 5.16 Å². The van der Waals surface area contributed by atoms with E-state index < -0.39 is 9.84 Å². The summed E-state index contributed by atoms with van der Waals surface area (Å²) in [4.78, 5) is 0. The summed E-state index contributed by atoms with van der Waals surface area (Å²) in [5.74, 6) is 0. The van der Waals surface area contributed by atoms with Gasteiger partial charge in [-0.15, -0.1) is 0 Å². The zero-order valence-electron chi connectivity index (χ0n) is 9.76. The molecular weight excluding hydrogens is 252 g/mol. The summed E-state index contributed by atoms with van der Waals surface area (Å²) in [6.45, 7) is 1.85. The molecule has 1 heterocycles. The fourth-order valence-electron chi connectivity index (χ4n) is 1.37. The minimum Gasteiger partial charge on any atom is -0.216 e. The standard InChI is InChI=1S/C11H12N4O2S/c1-2-3-9-18(16,17)11-12-13-14-15(11)10-7-5-4-6-8-10/h3-9H,2H2,1H3/b9-3+. The number of hydrogen-bond acceptors (Lipinski definition) is 5. The van der Waals surface area contributed by atoms with Crippen molar-refractivity contribution in [3.63, 3.8) is 0 Å². The van der Waals surface area contributed by atoms with E-state index in [1.54, 1.807) is 30.3 Å². The number of tetrazole rings is 1. The maximum atomic E-state index is 12.0. The van der Waals surface area contributed by atoms with Crippen LogP contribution in [0.1, 0.15) is 13.3 Å². The topological polar surface area (TPSA) is 77.7 Å². The van der Waals surface area contributed by atoms with Crippen molar-refractivity contribution in [3.05, 3.63) is 41.8 Å². The molecule has 0 bridgehead atoms. The van der Waals surface area contributed by atoms with E-state index in [9.17, 15) is 8.42 Å². The summed E-state index contributed by atoms with van der Waals surface area (Å²) in [6, 6.07) is 8.88. The molecule has 0 fully saturated rings. The molecule has 18 heavy (non-hydrogen) atoms. The fourth-order valence-corrected chi connectivity index (χ4v) is 2.47. The minimum atomic E-state index is -3.61. The number of para-hydroxylation sites is 1. The molecule has 0 radical (unpaired) electrons. The Labute approximate surface area is 105 Å². The second-order valence-corrected chi connectivity index (χ2v) is 5.26. The highest BCUT2D eigenvalue weighted by Crippen LogP contribution is 2.13. The predicted molar refractivity (Wildman–Crippen MR) is 65.8 cm³/mol. The van der Waals surface area contributed by atoms with Crippen LogP contribution in [-0.2, 0) is 9.84 Å². The molecule has 0 amide bonds. The summed E-state index contributed by atoms with van der Waals surface area (Å²) in [6.07, 6.45) is 2.19. The molecule has 0 saturated carbocycles. The Morgan fingerprint density at radius 3 is 2.67 bits per heavy atom. The van der Waals surface area contributed by atoms with Crippen molar-refractivity contribution in [2.24, 2.45) is 0 Å². The smallest absolute Gasteiger partial charge is 0.216 e. The van der Waals surface area contributed by atoms with Crippen molar-refractivity contribution in [2.45, 2.75) is 18.5 Å². The van der Waals surface area contributed by atoms with E-state index in [0.29, 0.717) is 12.1 Å². The van der Waals surface area contributed by atoms with Gasteiger partial charge in [0, 0.05) is 5.41 Å². The summed E-state index contributed by atoms with van der Waals surface area (Å²) >= 11 is 0. The third-order valence-corrected chi connectivity index (χ3v) is 3.52.